The van der Waals surface area contributed by atoms with Crippen molar-refractivity contribution in [2.24, 2.45) is 5.92 Å². The number of benzene rings is 1. The SMILES string of the molecule is CS(=O)(=O)NCCC(=O)N1CCC([C@H](O)Cc2ccccc2)CC1. The van der Waals surface area contributed by atoms with Gasteiger partial charge in [0.15, 0.2) is 0 Å². The average molecular weight is 354 g/mol. The van der Waals surface area contributed by atoms with Crippen LogP contribution in [-0.2, 0) is 21.2 Å². The summed E-state index contributed by atoms with van der Waals surface area (Å²) in [7, 11) is -3.25. The van der Waals surface area contributed by atoms with Crippen LogP contribution in [0.3, 0.4) is 0 Å². The second kappa shape index (κ2) is 8.60. The predicted octanol–water partition coefficient (Wildman–Crippen LogP) is 0.768. The van der Waals surface area contributed by atoms with E-state index in [2.05, 4.69) is 4.72 Å². The van der Waals surface area contributed by atoms with E-state index < -0.39 is 16.1 Å². The number of hydrogen-bond donors (Lipinski definition) is 2. The lowest BCUT2D eigenvalue weighted by Gasteiger charge is -2.34. The summed E-state index contributed by atoms with van der Waals surface area (Å²) in [6.07, 6.45) is 3.05. The third-order valence-corrected chi connectivity index (χ3v) is 5.16. The molecule has 0 aromatic heterocycles. The summed E-state index contributed by atoms with van der Waals surface area (Å²) < 4.78 is 24.3. The molecule has 0 aliphatic carbocycles. The van der Waals surface area contributed by atoms with Crippen LogP contribution in [0.1, 0.15) is 24.8 Å². The number of nitrogens with one attached hydrogen (secondary N) is 1. The first-order valence-electron chi connectivity index (χ1n) is 8.29. The number of nitrogens with zero attached hydrogens (tertiary/aromatic N) is 1. The molecule has 1 saturated heterocycles. The lowest BCUT2D eigenvalue weighted by Crippen LogP contribution is -2.42. The lowest BCUT2D eigenvalue weighted by atomic mass is 9.88. The van der Waals surface area contributed by atoms with Gasteiger partial charge in [-0.1, -0.05) is 30.3 Å². The molecule has 0 saturated carbocycles. The molecule has 1 aromatic rings. The van der Waals surface area contributed by atoms with Gasteiger partial charge in [0.2, 0.25) is 15.9 Å². The maximum absolute atomic E-state index is 12.1. The molecule has 24 heavy (non-hydrogen) atoms. The van der Waals surface area contributed by atoms with Crippen molar-refractivity contribution >= 4 is 15.9 Å². The maximum Gasteiger partial charge on any atom is 0.223 e. The Kier molecular flexibility index (Phi) is 6.77. The molecule has 1 heterocycles. The molecule has 2 rings (SSSR count). The number of aliphatic hydroxyl groups excluding tert-OH is 1. The monoisotopic (exact) mass is 354 g/mol. The third kappa shape index (κ3) is 6.22. The molecule has 1 atom stereocenters. The summed E-state index contributed by atoms with van der Waals surface area (Å²) in [6.45, 7) is 1.37. The van der Waals surface area contributed by atoms with Crippen LogP contribution < -0.4 is 4.72 Å². The summed E-state index contributed by atoms with van der Waals surface area (Å²) in [5.41, 5.74) is 1.12. The molecular formula is C17H26N2O4S. The van der Waals surface area contributed by atoms with Gasteiger partial charge in [0.1, 0.15) is 0 Å². The number of aliphatic hydroxyl groups is 1. The van der Waals surface area contributed by atoms with E-state index in [0.29, 0.717) is 19.5 Å². The van der Waals surface area contributed by atoms with E-state index in [-0.39, 0.29) is 24.8 Å². The molecular weight excluding hydrogens is 328 g/mol. The largest absolute Gasteiger partial charge is 0.392 e. The summed E-state index contributed by atoms with van der Waals surface area (Å²) in [4.78, 5) is 13.8. The summed E-state index contributed by atoms with van der Waals surface area (Å²) in [6, 6.07) is 9.91. The van der Waals surface area contributed by atoms with Crippen LogP contribution in [0.25, 0.3) is 0 Å². The average Bonchev–Trinajstić information content (AvgIpc) is 2.54. The molecule has 0 unspecified atom stereocenters. The molecule has 1 aliphatic heterocycles. The smallest absolute Gasteiger partial charge is 0.223 e. The highest BCUT2D eigenvalue weighted by molar-refractivity contribution is 7.88. The molecule has 134 valence electrons. The highest BCUT2D eigenvalue weighted by Gasteiger charge is 2.27. The molecule has 1 amide bonds. The van der Waals surface area contributed by atoms with Gasteiger partial charge in [-0.25, -0.2) is 13.1 Å². The third-order valence-electron chi connectivity index (χ3n) is 4.43. The molecule has 0 spiro atoms. The van der Waals surface area contributed by atoms with Gasteiger partial charge in [0, 0.05) is 26.1 Å². The van der Waals surface area contributed by atoms with E-state index in [4.69, 9.17) is 0 Å². The molecule has 0 radical (unpaired) electrons. The van der Waals surface area contributed by atoms with E-state index in [0.717, 1.165) is 24.7 Å². The zero-order chi connectivity index (χ0) is 17.6. The number of likely N-dealkylation sites (tertiary alicyclic amines) is 1. The highest BCUT2D eigenvalue weighted by Crippen LogP contribution is 2.23. The van der Waals surface area contributed by atoms with Gasteiger partial charge in [-0.2, -0.15) is 0 Å². The fourth-order valence-corrected chi connectivity index (χ4v) is 3.53. The number of carbonyl (C=O) groups is 1. The Morgan fingerprint density at radius 1 is 1.29 bits per heavy atom. The van der Waals surface area contributed by atoms with Gasteiger partial charge in [0.25, 0.3) is 0 Å². The highest BCUT2D eigenvalue weighted by atomic mass is 32.2. The second-order valence-corrected chi connectivity index (χ2v) is 8.22. The number of piperidine rings is 1. The van der Waals surface area contributed by atoms with Crippen LogP contribution in [0.4, 0.5) is 0 Å². The van der Waals surface area contributed by atoms with E-state index >= 15 is 0 Å². The maximum atomic E-state index is 12.1. The van der Waals surface area contributed by atoms with E-state index in [1.54, 1.807) is 4.90 Å². The zero-order valence-electron chi connectivity index (χ0n) is 14.0. The number of sulfonamides is 1. The number of amides is 1. The molecule has 7 heteroatoms. The van der Waals surface area contributed by atoms with Crippen molar-refractivity contribution in [1.29, 1.82) is 0 Å². The van der Waals surface area contributed by atoms with Crippen LogP contribution in [0, 0.1) is 5.92 Å². The fraction of sp³-hybridized carbons (Fsp3) is 0.588. The van der Waals surface area contributed by atoms with Gasteiger partial charge >= 0.3 is 0 Å². The molecule has 6 nitrogen and oxygen atoms in total. The Labute approximate surface area is 143 Å². The van der Waals surface area contributed by atoms with E-state index in [1.807, 2.05) is 30.3 Å². The van der Waals surface area contributed by atoms with Crippen LogP contribution in [0.15, 0.2) is 30.3 Å². The van der Waals surface area contributed by atoms with Crippen molar-refractivity contribution < 1.29 is 18.3 Å². The first-order valence-corrected chi connectivity index (χ1v) is 10.2. The molecule has 1 fully saturated rings. The van der Waals surface area contributed by atoms with Crippen molar-refractivity contribution in [3.8, 4) is 0 Å². The van der Waals surface area contributed by atoms with Gasteiger partial charge < -0.3 is 10.0 Å². The first kappa shape index (κ1) is 18.9. The van der Waals surface area contributed by atoms with Crippen molar-refractivity contribution in [1.82, 2.24) is 9.62 Å². The van der Waals surface area contributed by atoms with Gasteiger partial charge in [0.05, 0.1) is 12.4 Å². The minimum atomic E-state index is -3.25. The first-order chi connectivity index (χ1) is 11.3. The lowest BCUT2D eigenvalue weighted by molar-refractivity contribution is -0.133. The Morgan fingerprint density at radius 2 is 1.92 bits per heavy atom. The Balaban J connectivity index is 1.73. The second-order valence-electron chi connectivity index (χ2n) is 6.39. The standard InChI is InChI=1S/C17H26N2O4S/c1-24(22,23)18-10-7-17(21)19-11-8-15(9-12-19)16(20)13-14-5-3-2-4-6-14/h2-6,15-16,18,20H,7-13H2,1H3/t16-/m1/s1. The summed E-state index contributed by atoms with van der Waals surface area (Å²) in [5.74, 6) is 0.158. The van der Waals surface area contributed by atoms with Crippen LogP contribution in [0.2, 0.25) is 0 Å². The molecule has 0 bridgehead atoms. The number of rotatable bonds is 7. The van der Waals surface area contributed by atoms with E-state index in [1.165, 1.54) is 0 Å². The van der Waals surface area contributed by atoms with E-state index in [9.17, 15) is 18.3 Å². The molecule has 2 N–H and O–H groups in total. The van der Waals surface area contributed by atoms with Crippen molar-refractivity contribution in [2.45, 2.75) is 31.8 Å². The molecule has 1 aromatic carbocycles. The number of carbonyl (C=O) groups excluding carboxylic acids is 1. The minimum absolute atomic E-state index is 0.0397. The van der Waals surface area contributed by atoms with Crippen molar-refractivity contribution in [3.63, 3.8) is 0 Å². The topological polar surface area (TPSA) is 86.7 Å². The number of hydrogen-bond acceptors (Lipinski definition) is 4. The van der Waals surface area contributed by atoms with Crippen molar-refractivity contribution in [3.05, 3.63) is 35.9 Å². The van der Waals surface area contributed by atoms with Crippen LogP contribution >= 0.6 is 0 Å². The van der Waals surface area contributed by atoms with Gasteiger partial charge in [-0.05, 0) is 30.7 Å². The summed E-state index contributed by atoms with van der Waals surface area (Å²) >= 11 is 0. The minimum Gasteiger partial charge on any atom is -0.392 e. The van der Waals surface area contributed by atoms with Crippen molar-refractivity contribution in [2.75, 3.05) is 25.9 Å². The molecule has 1 aliphatic rings. The quantitative estimate of drug-likeness (QED) is 0.757. The zero-order valence-corrected chi connectivity index (χ0v) is 14.8. The van der Waals surface area contributed by atoms with Gasteiger partial charge in [-0.15, -0.1) is 0 Å². The Hall–Kier alpha value is -1.44. The van der Waals surface area contributed by atoms with Gasteiger partial charge in [-0.3, -0.25) is 4.79 Å². The normalized spacial score (nSPS) is 17.7. The Bertz CT molecular complexity index is 625. The fourth-order valence-electron chi connectivity index (χ4n) is 3.06. The van der Waals surface area contributed by atoms with Crippen LogP contribution in [-0.4, -0.2) is 56.3 Å². The predicted molar refractivity (Wildman–Crippen MR) is 92.9 cm³/mol. The Morgan fingerprint density at radius 3 is 2.50 bits per heavy atom. The van der Waals surface area contributed by atoms with Crippen LogP contribution in [0.5, 0.6) is 0 Å². The summed E-state index contributed by atoms with van der Waals surface area (Å²) in [5, 5.41) is 10.4.